The van der Waals surface area contributed by atoms with Gasteiger partial charge in [0.05, 0.1) is 18.1 Å². The number of hydrogen-bond donors (Lipinski definition) is 1. The van der Waals surface area contributed by atoms with Gasteiger partial charge in [0.2, 0.25) is 14.2 Å². The number of nitrogens with one attached hydrogen (secondary N) is 1. The molecule has 0 aliphatic carbocycles. The number of hydrogen-bond acceptors (Lipinski definition) is 4. The van der Waals surface area contributed by atoms with Crippen molar-refractivity contribution in [2.75, 3.05) is 0 Å². The Morgan fingerprint density at radius 2 is 1.59 bits per heavy atom. The van der Waals surface area contributed by atoms with Crippen molar-refractivity contribution in [3.8, 4) is 5.75 Å². The van der Waals surface area contributed by atoms with Gasteiger partial charge in [-0.15, -0.1) is 0 Å². The summed E-state index contributed by atoms with van der Waals surface area (Å²) in [7, 11) is -3.99. The van der Waals surface area contributed by atoms with Crippen LogP contribution in [0.1, 0.15) is 65.2 Å². The average molecular weight is 478 g/mol. The van der Waals surface area contributed by atoms with Crippen LogP contribution in [0.15, 0.2) is 24.3 Å². The smallest absolute Gasteiger partial charge is 0.250 e. The lowest BCUT2D eigenvalue weighted by atomic mass is 9.82. The molecule has 1 aromatic carbocycles. The van der Waals surface area contributed by atoms with Gasteiger partial charge in [0, 0.05) is 12.0 Å². The summed E-state index contributed by atoms with van der Waals surface area (Å²) in [5.74, 6) is 0.440. The van der Waals surface area contributed by atoms with Crippen LogP contribution in [0.5, 0.6) is 5.75 Å². The Labute approximate surface area is 196 Å². The molecule has 1 N–H and O–H groups in total. The summed E-state index contributed by atoms with van der Waals surface area (Å²) in [6.45, 7) is 23.9. The first-order valence-corrected chi connectivity index (χ1v) is 17.5. The van der Waals surface area contributed by atoms with E-state index in [-0.39, 0.29) is 46.3 Å². The Morgan fingerprint density at radius 3 is 2.09 bits per heavy atom. The molecule has 1 aromatic rings. The normalized spacial score (nSPS) is 20.9. The lowest BCUT2D eigenvalue weighted by molar-refractivity contribution is -0.139. The molecule has 7 heteroatoms. The molecule has 2 rings (SSSR count). The summed E-state index contributed by atoms with van der Waals surface area (Å²) < 4.78 is 12.8. The third kappa shape index (κ3) is 5.91. The molecule has 0 unspecified atom stereocenters. The molecule has 0 radical (unpaired) electrons. The van der Waals surface area contributed by atoms with E-state index in [1.165, 1.54) is 0 Å². The fraction of sp³-hybridized carbons (Fsp3) is 0.680. The van der Waals surface area contributed by atoms with Crippen molar-refractivity contribution in [1.29, 1.82) is 0 Å². The highest BCUT2D eigenvalue weighted by molar-refractivity contribution is 6.75. The van der Waals surface area contributed by atoms with E-state index in [9.17, 15) is 9.59 Å². The van der Waals surface area contributed by atoms with Crippen molar-refractivity contribution < 1.29 is 18.4 Å². The summed E-state index contributed by atoms with van der Waals surface area (Å²) in [5, 5.41) is 3.07. The van der Waals surface area contributed by atoms with E-state index in [4.69, 9.17) is 8.85 Å². The summed E-state index contributed by atoms with van der Waals surface area (Å²) in [5.41, 5.74) is 0.624. The lowest BCUT2D eigenvalue weighted by Gasteiger charge is -2.45. The minimum absolute atomic E-state index is 0.0141. The molecule has 0 spiro atoms. The first-order valence-electron chi connectivity index (χ1n) is 11.7. The Hall–Kier alpha value is -1.45. The Bertz CT molecular complexity index is 852. The molecule has 1 aliphatic heterocycles. The molecule has 0 saturated carbocycles. The zero-order valence-corrected chi connectivity index (χ0v) is 23.9. The van der Waals surface area contributed by atoms with Crippen molar-refractivity contribution in [3.05, 3.63) is 29.8 Å². The molecule has 1 fully saturated rings. The Kier molecular flexibility index (Phi) is 7.59. The molecule has 3 atom stereocenters. The first kappa shape index (κ1) is 26.8. The second-order valence-corrected chi connectivity index (χ2v) is 21.7. The van der Waals surface area contributed by atoms with Gasteiger partial charge in [-0.05, 0) is 55.3 Å². The number of ketones is 1. The maximum atomic E-state index is 13.1. The maximum absolute atomic E-state index is 13.1. The van der Waals surface area contributed by atoms with E-state index in [2.05, 4.69) is 73.0 Å². The fourth-order valence-corrected chi connectivity index (χ4v) is 5.84. The highest BCUT2D eigenvalue weighted by Gasteiger charge is 2.48. The van der Waals surface area contributed by atoms with Crippen LogP contribution in [0.4, 0.5) is 0 Å². The molecular weight excluding hydrogens is 434 g/mol. The van der Waals surface area contributed by atoms with Gasteiger partial charge in [0.1, 0.15) is 5.75 Å². The van der Waals surface area contributed by atoms with Crippen LogP contribution in [-0.4, -0.2) is 40.5 Å². The first-order chi connectivity index (χ1) is 14.4. The molecular formula is C25H43NO4Si2. The van der Waals surface area contributed by atoms with Crippen molar-refractivity contribution in [1.82, 2.24) is 5.32 Å². The zero-order chi connectivity index (χ0) is 24.7. The van der Waals surface area contributed by atoms with E-state index < -0.39 is 16.6 Å². The summed E-state index contributed by atoms with van der Waals surface area (Å²) in [4.78, 5) is 25.4. The molecule has 5 nitrogen and oxygen atoms in total. The molecule has 1 saturated heterocycles. The van der Waals surface area contributed by atoms with Crippen LogP contribution in [0.2, 0.25) is 36.3 Å². The van der Waals surface area contributed by atoms with Crippen LogP contribution in [0.25, 0.3) is 0 Å². The largest absolute Gasteiger partial charge is 0.543 e. The molecule has 0 bridgehead atoms. The van der Waals surface area contributed by atoms with E-state index >= 15 is 0 Å². The quantitative estimate of drug-likeness (QED) is 0.276. The molecule has 0 aromatic heterocycles. The van der Waals surface area contributed by atoms with Gasteiger partial charge in [0.15, 0.2) is 14.1 Å². The minimum Gasteiger partial charge on any atom is -0.543 e. The van der Waals surface area contributed by atoms with E-state index in [1.807, 2.05) is 31.2 Å². The Balaban J connectivity index is 2.09. The van der Waals surface area contributed by atoms with Gasteiger partial charge in [-0.25, -0.2) is 0 Å². The van der Waals surface area contributed by atoms with Crippen LogP contribution < -0.4 is 9.74 Å². The topological polar surface area (TPSA) is 64.6 Å². The molecule has 1 amide bonds. The second kappa shape index (κ2) is 9.07. The number of carbonyl (C=O) groups is 2. The van der Waals surface area contributed by atoms with Gasteiger partial charge in [-0.3, -0.25) is 9.59 Å². The zero-order valence-electron chi connectivity index (χ0n) is 21.9. The van der Waals surface area contributed by atoms with Gasteiger partial charge >= 0.3 is 0 Å². The SMILES string of the molecule is C[C@H](O[Si](C)(C)C(C)(C)C)[C@H]1C(=O)N[C@@H]1CC(=O)c1cccc(O[Si](C)(C)C(C)(C)C)c1. The van der Waals surface area contributed by atoms with E-state index in [0.717, 1.165) is 5.75 Å². The summed E-state index contributed by atoms with van der Waals surface area (Å²) >= 11 is 0. The third-order valence-corrected chi connectivity index (χ3v) is 16.5. The van der Waals surface area contributed by atoms with E-state index in [1.54, 1.807) is 0 Å². The number of benzene rings is 1. The molecule has 32 heavy (non-hydrogen) atoms. The second-order valence-electron chi connectivity index (χ2n) is 12.2. The number of rotatable bonds is 8. The maximum Gasteiger partial charge on any atom is 0.250 e. The molecule has 1 heterocycles. The third-order valence-electron chi connectivity index (χ3n) is 7.60. The van der Waals surface area contributed by atoms with Crippen molar-refractivity contribution in [2.24, 2.45) is 5.92 Å². The van der Waals surface area contributed by atoms with E-state index in [0.29, 0.717) is 5.56 Å². The number of amides is 1. The molecule has 1 aliphatic rings. The molecule has 180 valence electrons. The number of Topliss-reactive ketones (excluding diaryl/α,β-unsaturated/α-hetero) is 1. The van der Waals surface area contributed by atoms with Gasteiger partial charge in [-0.1, -0.05) is 53.7 Å². The average Bonchev–Trinajstić information content (AvgIpc) is 2.58. The fourth-order valence-electron chi connectivity index (χ4n) is 3.39. The van der Waals surface area contributed by atoms with Crippen molar-refractivity contribution in [2.45, 2.75) is 103 Å². The Morgan fingerprint density at radius 1 is 1.03 bits per heavy atom. The van der Waals surface area contributed by atoms with Gasteiger partial charge < -0.3 is 14.2 Å². The number of β-lactam (4-membered cyclic amide) rings is 1. The number of carbonyl (C=O) groups excluding carboxylic acids is 2. The standard InChI is InChI=1S/C25H43NO4Si2/c1-17(29-31(8,9)24(2,3)4)22-20(26-23(22)28)16-21(27)18-13-12-14-19(15-18)30-32(10,11)25(5,6)7/h12-15,17,20,22H,16H2,1-11H3,(H,26,28)/t17-,20+,22+/m0/s1. The van der Waals surface area contributed by atoms with Crippen molar-refractivity contribution >= 4 is 28.3 Å². The van der Waals surface area contributed by atoms with Crippen LogP contribution in [0.3, 0.4) is 0 Å². The highest BCUT2D eigenvalue weighted by Crippen LogP contribution is 2.40. The van der Waals surface area contributed by atoms with Gasteiger partial charge in [0.25, 0.3) is 0 Å². The summed E-state index contributed by atoms with van der Waals surface area (Å²) in [6, 6.07) is 7.26. The highest BCUT2D eigenvalue weighted by atomic mass is 28.4. The minimum atomic E-state index is -2.00. The van der Waals surface area contributed by atoms with Crippen LogP contribution in [-0.2, 0) is 9.22 Å². The van der Waals surface area contributed by atoms with Crippen LogP contribution in [0, 0.1) is 5.92 Å². The monoisotopic (exact) mass is 477 g/mol. The van der Waals surface area contributed by atoms with Crippen LogP contribution >= 0.6 is 0 Å². The lowest BCUT2D eigenvalue weighted by Crippen LogP contribution is -2.64. The predicted molar refractivity (Wildman–Crippen MR) is 136 cm³/mol. The van der Waals surface area contributed by atoms with Gasteiger partial charge in [-0.2, -0.15) is 0 Å². The van der Waals surface area contributed by atoms with Crippen molar-refractivity contribution in [3.63, 3.8) is 0 Å². The predicted octanol–water partition coefficient (Wildman–Crippen LogP) is 6.17. The summed E-state index contributed by atoms with van der Waals surface area (Å²) in [6.07, 6.45) is 0.0567.